The summed E-state index contributed by atoms with van der Waals surface area (Å²) in [5.41, 5.74) is 0.875. The van der Waals surface area contributed by atoms with Crippen molar-refractivity contribution in [1.82, 2.24) is 5.32 Å². The Morgan fingerprint density at radius 3 is 2.52 bits per heavy atom. The molecule has 1 N–H and O–H groups in total. The first-order valence-electron chi connectivity index (χ1n) is 7.37. The third-order valence-corrected chi connectivity index (χ3v) is 3.46. The highest BCUT2D eigenvalue weighted by atomic mass is 16.6. The van der Waals surface area contributed by atoms with Gasteiger partial charge in [0.2, 0.25) is 0 Å². The Bertz CT molecular complexity index is 512. The number of carbonyl (C=O) groups is 1. The molecule has 21 heavy (non-hydrogen) atoms. The number of nitrogens with one attached hydrogen (secondary N) is 1. The number of nitro groups is 1. The topological polar surface area (TPSA) is 72.2 Å². The number of amides is 1. The quantitative estimate of drug-likeness (QED) is 0.613. The van der Waals surface area contributed by atoms with Gasteiger partial charge in [0.05, 0.1) is 4.92 Å². The summed E-state index contributed by atoms with van der Waals surface area (Å²) in [6.07, 6.45) is 3.11. The Balaban J connectivity index is 2.63. The molecule has 0 spiro atoms. The van der Waals surface area contributed by atoms with E-state index in [1.165, 1.54) is 6.07 Å². The van der Waals surface area contributed by atoms with Gasteiger partial charge in [0.15, 0.2) is 0 Å². The molecular formula is C16H24N2O3. The van der Waals surface area contributed by atoms with E-state index in [0.29, 0.717) is 17.0 Å². The van der Waals surface area contributed by atoms with Gasteiger partial charge in [0, 0.05) is 23.2 Å². The molecule has 0 fully saturated rings. The van der Waals surface area contributed by atoms with Crippen LogP contribution in [-0.4, -0.2) is 16.9 Å². The summed E-state index contributed by atoms with van der Waals surface area (Å²) < 4.78 is 0. The average molecular weight is 292 g/mol. The molecule has 1 amide bonds. The van der Waals surface area contributed by atoms with Crippen LogP contribution in [0.2, 0.25) is 0 Å². The molecular weight excluding hydrogens is 268 g/mol. The molecule has 0 aliphatic carbocycles. The number of benzene rings is 1. The van der Waals surface area contributed by atoms with Crippen molar-refractivity contribution in [3.05, 3.63) is 39.4 Å². The van der Waals surface area contributed by atoms with Crippen LogP contribution < -0.4 is 5.32 Å². The zero-order valence-corrected chi connectivity index (χ0v) is 13.2. The number of hydrogen-bond acceptors (Lipinski definition) is 3. The molecule has 1 rings (SSSR count). The molecule has 0 unspecified atom stereocenters. The number of rotatable bonds is 7. The smallest absolute Gasteiger partial charge is 0.273 e. The van der Waals surface area contributed by atoms with Crippen LogP contribution in [0.25, 0.3) is 0 Å². The van der Waals surface area contributed by atoms with E-state index in [1.807, 2.05) is 6.92 Å². The largest absolute Gasteiger partial charge is 0.350 e. The number of hydrogen-bond donors (Lipinski definition) is 1. The fraction of sp³-hybridized carbons (Fsp3) is 0.562. The van der Waals surface area contributed by atoms with Crippen LogP contribution in [-0.2, 0) is 0 Å². The summed E-state index contributed by atoms with van der Waals surface area (Å²) in [4.78, 5) is 22.5. The SMILES string of the molecule is Cc1ccc(C(=O)N[C@H](C)CCCC(C)C)cc1[N+](=O)[O-]. The first kappa shape index (κ1) is 17.1. The van der Waals surface area contributed by atoms with Crippen molar-refractivity contribution in [2.45, 2.75) is 53.0 Å². The normalized spacial score (nSPS) is 12.2. The zero-order chi connectivity index (χ0) is 16.0. The molecule has 1 aromatic rings. The molecule has 0 saturated carbocycles. The highest BCUT2D eigenvalue weighted by Crippen LogP contribution is 2.19. The zero-order valence-electron chi connectivity index (χ0n) is 13.2. The van der Waals surface area contributed by atoms with E-state index in [1.54, 1.807) is 19.1 Å². The molecule has 1 aromatic carbocycles. The number of carbonyl (C=O) groups excluding carboxylic acids is 1. The molecule has 0 bridgehead atoms. The summed E-state index contributed by atoms with van der Waals surface area (Å²) in [5, 5.41) is 13.8. The van der Waals surface area contributed by atoms with Crippen LogP contribution in [0.4, 0.5) is 5.69 Å². The van der Waals surface area contributed by atoms with Gasteiger partial charge in [-0.3, -0.25) is 14.9 Å². The summed E-state index contributed by atoms with van der Waals surface area (Å²) in [6.45, 7) is 7.97. The van der Waals surface area contributed by atoms with Crippen molar-refractivity contribution in [2.24, 2.45) is 5.92 Å². The summed E-state index contributed by atoms with van der Waals surface area (Å²) in [6, 6.07) is 4.64. The van der Waals surface area contributed by atoms with Crippen LogP contribution >= 0.6 is 0 Å². The molecule has 0 heterocycles. The summed E-state index contributed by atoms with van der Waals surface area (Å²) >= 11 is 0. The van der Waals surface area contributed by atoms with E-state index in [4.69, 9.17) is 0 Å². The van der Waals surface area contributed by atoms with E-state index in [-0.39, 0.29) is 17.6 Å². The third kappa shape index (κ3) is 5.53. The lowest BCUT2D eigenvalue weighted by Crippen LogP contribution is -2.32. The Morgan fingerprint density at radius 1 is 1.29 bits per heavy atom. The molecule has 116 valence electrons. The van der Waals surface area contributed by atoms with Crippen molar-refractivity contribution >= 4 is 11.6 Å². The van der Waals surface area contributed by atoms with Gasteiger partial charge in [0.1, 0.15) is 0 Å². The van der Waals surface area contributed by atoms with Crippen molar-refractivity contribution in [2.75, 3.05) is 0 Å². The first-order valence-corrected chi connectivity index (χ1v) is 7.37. The van der Waals surface area contributed by atoms with Gasteiger partial charge in [-0.15, -0.1) is 0 Å². The van der Waals surface area contributed by atoms with E-state index in [2.05, 4.69) is 19.2 Å². The highest BCUT2D eigenvalue weighted by molar-refractivity contribution is 5.95. The molecule has 5 nitrogen and oxygen atoms in total. The fourth-order valence-corrected chi connectivity index (χ4v) is 2.16. The fourth-order valence-electron chi connectivity index (χ4n) is 2.16. The minimum Gasteiger partial charge on any atom is -0.350 e. The Labute approximate surface area is 125 Å². The van der Waals surface area contributed by atoms with Gasteiger partial charge in [-0.1, -0.05) is 32.8 Å². The van der Waals surface area contributed by atoms with E-state index in [9.17, 15) is 14.9 Å². The van der Waals surface area contributed by atoms with Gasteiger partial charge in [-0.2, -0.15) is 0 Å². The predicted molar refractivity (Wildman–Crippen MR) is 83.5 cm³/mol. The molecule has 0 aliphatic rings. The maximum absolute atomic E-state index is 12.1. The van der Waals surface area contributed by atoms with Gasteiger partial charge < -0.3 is 5.32 Å². The van der Waals surface area contributed by atoms with Gasteiger partial charge in [-0.05, 0) is 32.3 Å². The second kappa shape index (κ2) is 7.76. The molecule has 1 atom stereocenters. The standard InChI is InChI=1S/C16H24N2O3/c1-11(2)6-5-7-13(4)17-16(19)14-9-8-12(3)15(10-14)18(20)21/h8-11,13H,5-7H2,1-4H3,(H,17,19)/t13-/m1/s1. The Morgan fingerprint density at radius 2 is 1.95 bits per heavy atom. The Kier molecular flexibility index (Phi) is 6.34. The van der Waals surface area contributed by atoms with Crippen LogP contribution in [0.1, 0.15) is 56.0 Å². The van der Waals surface area contributed by atoms with Crippen LogP contribution in [0.3, 0.4) is 0 Å². The number of aryl methyl sites for hydroxylation is 1. The van der Waals surface area contributed by atoms with Gasteiger partial charge in [-0.25, -0.2) is 0 Å². The number of nitrogens with zero attached hydrogens (tertiary/aromatic N) is 1. The predicted octanol–water partition coefficient (Wildman–Crippen LogP) is 3.85. The van der Waals surface area contributed by atoms with Crippen LogP contribution in [0.15, 0.2) is 18.2 Å². The third-order valence-electron chi connectivity index (χ3n) is 3.46. The second-order valence-electron chi connectivity index (χ2n) is 5.96. The van der Waals surface area contributed by atoms with Crippen molar-refractivity contribution in [1.29, 1.82) is 0 Å². The minimum absolute atomic E-state index is 0.0184. The van der Waals surface area contributed by atoms with Gasteiger partial charge >= 0.3 is 0 Å². The van der Waals surface area contributed by atoms with Crippen molar-refractivity contribution in [3.8, 4) is 0 Å². The van der Waals surface area contributed by atoms with Crippen LogP contribution in [0, 0.1) is 23.0 Å². The second-order valence-corrected chi connectivity index (χ2v) is 5.96. The maximum Gasteiger partial charge on any atom is 0.273 e. The minimum atomic E-state index is -0.460. The molecule has 0 aliphatic heterocycles. The lowest BCUT2D eigenvalue weighted by molar-refractivity contribution is -0.385. The maximum atomic E-state index is 12.1. The van der Waals surface area contributed by atoms with E-state index in [0.717, 1.165) is 19.3 Å². The molecule has 0 saturated heterocycles. The van der Waals surface area contributed by atoms with Gasteiger partial charge in [0.25, 0.3) is 11.6 Å². The average Bonchev–Trinajstić information content (AvgIpc) is 2.38. The van der Waals surface area contributed by atoms with Crippen LogP contribution in [0.5, 0.6) is 0 Å². The summed E-state index contributed by atoms with van der Waals surface area (Å²) in [7, 11) is 0. The molecule has 0 radical (unpaired) electrons. The first-order chi connectivity index (χ1) is 9.81. The molecule has 5 heteroatoms. The monoisotopic (exact) mass is 292 g/mol. The van der Waals surface area contributed by atoms with E-state index >= 15 is 0 Å². The summed E-state index contributed by atoms with van der Waals surface area (Å²) in [5.74, 6) is 0.405. The van der Waals surface area contributed by atoms with E-state index < -0.39 is 4.92 Å². The lowest BCUT2D eigenvalue weighted by atomic mass is 10.0. The highest BCUT2D eigenvalue weighted by Gasteiger charge is 2.16. The lowest BCUT2D eigenvalue weighted by Gasteiger charge is -2.14. The number of nitro benzene ring substituents is 1. The van der Waals surface area contributed by atoms with Crippen molar-refractivity contribution in [3.63, 3.8) is 0 Å². The Hall–Kier alpha value is -1.91. The molecule has 0 aromatic heterocycles. The van der Waals surface area contributed by atoms with Crippen molar-refractivity contribution < 1.29 is 9.72 Å².